The molecule has 0 fully saturated rings. The van der Waals surface area contributed by atoms with Gasteiger partial charge in [-0.3, -0.25) is 14.5 Å². The highest BCUT2D eigenvalue weighted by Crippen LogP contribution is 2.26. The van der Waals surface area contributed by atoms with Crippen LogP contribution in [0.1, 0.15) is 48.1 Å². The van der Waals surface area contributed by atoms with Gasteiger partial charge in [0.15, 0.2) is 0 Å². The Morgan fingerprint density at radius 2 is 1.79 bits per heavy atom. The zero-order chi connectivity index (χ0) is 19.7. The molecule has 0 radical (unpaired) electrons. The SMILES string of the molecule is Cc1cc(COC(=O)c2ccc3c(c2)C(=O)N(Cc2ccccc2)C3=O)no1. The van der Waals surface area contributed by atoms with Gasteiger partial charge < -0.3 is 9.26 Å². The first-order chi connectivity index (χ1) is 13.5. The van der Waals surface area contributed by atoms with E-state index in [1.165, 1.54) is 23.1 Å². The molecule has 0 spiro atoms. The molecule has 0 bridgehead atoms. The molecule has 3 aromatic rings. The second-order valence-electron chi connectivity index (χ2n) is 6.45. The van der Waals surface area contributed by atoms with E-state index in [2.05, 4.69) is 5.16 Å². The molecule has 2 amide bonds. The zero-order valence-electron chi connectivity index (χ0n) is 15.0. The van der Waals surface area contributed by atoms with Crippen LogP contribution in [0.4, 0.5) is 0 Å². The molecule has 2 heterocycles. The van der Waals surface area contributed by atoms with Crippen LogP contribution in [0.3, 0.4) is 0 Å². The molecule has 2 aromatic carbocycles. The number of imide groups is 1. The summed E-state index contributed by atoms with van der Waals surface area (Å²) >= 11 is 0. The molecular weight excluding hydrogens is 360 g/mol. The van der Waals surface area contributed by atoms with E-state index < -0.39 is 11.9 Å². The molecule has 7 heteroatoms. The summed E-state index contributed by atoms with van der Waals surface area (Å²) in [6, 6.07) is 15.3. The van der Waals surface area contributed by atoms with Gasteiger partial charge in [-0.2, -0.15) is 0 Å². The summed E-state index contributed by atoms with van der Waals surface area (Å²) in [4.78, 5) is 38.7. The van der Waals surface area contributed by atoms with E-state index in [-0.39, 0.29) is 35.7 Å². The van der Waals surface area contributed by atoms with E-state index in [0.29, 0.717) is 11.5 Å². The summed E-state index contributed by atoms with van der Waals surface area (Å²) in [7, 11) is 0. The van der Waals surface area contributed by atoms with Crippen molar-refractivity contribution in [2.45, 2.75) is 20.1 Å². The fraction of sp³-hybridized carbons (Fsp3) is 0.143. The van der Waals surface area contributed by atoms with Crippen molar-refractivity contribution in [1.82, 2.24) is 10.1 Å². The first-order valence-electron chi connectivity index (χ1n) is 8.66. The second kappa shape index (κ2) is 7.11. The van der Waals surface area contributed by atoms with E-state index in [1.807, 2.05) is 30.3 Å². The normalized spacial score (nSPS) is 13.0. The van der Waals surface area contributed by atoms with Gasteiger partial charge in [0, 0.05) is 6.07 Å². The number of aromatic nitrogens is 1. The standard InChI is InChI=1S/C21H16N2O5/c1-13-9-16(22-28-13)12-27-21(26)15-7-8-17-18(10-15)20(25)23(19(17)24)11-14-5-3-2-4-6-14/h2-10H,11-12H2,1H3. The third-order valence-corrected chi connectivity index (χ3v) is 4.42. The van der Waals surface area contributed by atoms with Gasteiger partial charge >= 0.3 is 5.97 Å². The highest BCUT2D eigenvalue weighted by molar-refractivity contribution is 6.21. The van der Waals surface area contributed by atoms with E-state index in [0.717, 1.165) is 5.56 Å². The fourth-order valence-electron chi connectivity index (χ4n) is 3.04. The number of ether oxygens (including phenoxy) is 1. The lowest BCUT2D eigenvalue weighted by molar-refractivity contribution is 0.0464. The number of fused-ring (bicyclic) bond motifs is 1. The third-order valence-electron chi connectivity index (χ3n) is 4.42. The van der Waals surface area contributed by atoms with Gasteiger partial charge in [0.25, 0.3) is 11.8 Å². The van der Waals surface area contributed by atoms with Gasteiger partial charge in [0.1, 0.15) is 18.1 Å². The summed E-state index contributed by atoms with van der Waals surface area (Å²) in [5, 5.41) is 3.75. The minimum atomic E-state index is -0.606. The number of aryl methyl sites for hydroxylation is 1. The Kier molecular flexibility index (Phi) is 4.49. The molecule has 7 nitrogen and oxygen atoms in total. The van der Waals surface area contributed by atoms with Crippen LogP contribution >= 0.6 is 0 Å². The Morgan fingerprint density at radius 3 is 2.50 bits per heavy atom. The lowest BCUT2D eigenvalue weighted by Crippen LogP contribution is -2.29. The largest absolute Gasteiger partial charge is 0.455 e. The molecule has 0 aliphatic carbocycles. The van der Waals surface area contributed by atoms with Crippen molar-refractivity contribution in [2.75, 3.05) is 0 Å². The molecule has 0 saturated heterocycles. The van der Waals surface area contributed by atoms with Crippen LogP contribution in [-0.2, 0) is 17.9 Å². The highest BCUT2D eigenvalue weighted by atomic mass is 16.5. The Bertz CT molecular complexity index is 1070. The third kappa shape index (κ3) is 3.29. The lowest BCUT2D eigenvalue weighted by atomic mass is 10.1. The van der Waals surface area contributed by atoms with Crippen LogP contribution in [0.15, 0.2) is 59.1 Å². The topological polar surface area (TPSA) is 89.7 Å². The van der Waals surface area contributed by atoms with Crippen molar-refractivity contribution in [2.24, 2.45) is 0 Å². The zero-order valence-corrected chi connectivity index (χ0v) is 15.0. The van der Waals surface area contributed by atoms with Gasteiger partial charge in [0.05, 0.1) is 23.2 Å². The molecule has 1 aliphatic heterocycles. The first kappa shape index (κ1) is 17.7. The van der Waals surface area contributed by atoms with Crippen LogP contribution < -0.4 is 0 Å². The number of hydrogen-bond donors (Lipinski definition) is 0. The maximum Gasteiger partial charge on any atom is 0.338 e. The van der Waals surface area contributed by atoms with Gasteiger partial charge in [-0.25, -0.2) is 4.79 Å². The van der Waals surface area contributed by atoms with Crippen molar-refractivity contribution in [3.63, 3.8) is 0 Å². The Morgan fingerprint density at radius 1 is 1.04 bits per heavy atom. The number of carbonyl (C=O) groups is 3. The van der Waals surface area contributed by atoms with Crippen molar-refractivity contribution >= 4 is 17.8 Å². The molecule has 1 aromatic heterocycles. The number of benzene rings is 2. The van der Waals surface area contributed by atoms with Crippen LogP contribution in [-0.4, -0.2) is 27.8 Å². The Balaban J connectivity index is 1.50. The van der Waals surface area contributed by atoms with E-state index in [9.17, 15) is 14.4 Å². The maximum atomic E-state index is 12.7. The fourth-order valence-corrected chi connectivity index (χ4v) is 3.04. The molecule has 28 heavy (non-hydrogen) atoms. The van der Waals surface area contributed by atoms with Crippen molar-refractivity contribution in [3.05, 3.63) is 88.3 Å². The van der Waals surface area contributed by atoms with Crippen molar-refractivity contribution < 1.29 is 23.6 Å². The van der Waals surface area contributed by atoms with E-state index >= 15 is 0 Å². The van der Waals surface area contributed by atoms with E-state index in [1.54, 1.807) is 13.0 Å². The molecule has 0 atom stereocenters. The summed E-state index contributed by atoms with van der Waals surface area (Å²) in [6.45, 7) is 1.88. The molecule has 0 saturated carbocycles. The molecule has 1 aliphatic rings. The lowest BCUT2D eigenvalue weighted by Gasteiger charge is -2.13. The van der Waals surface area contributed by atoms with Gasteiger partial charge in [-0.05, 0) is 30.7 Å². The quantitative estimate of drug-likeness (QED) is 0.502. The molecule has 0 N–H and O–H groups in total. The van der Waals surface area contributed by atoms with Crippen LogP contribution in [0.2, 0.25) is 0 Å². The van der Waals surface area contributed by atoms with Crippen LogP contribution in [0.25, 0.3) is 0 Å². The molecule has 140 valence electrons. The van der Waals surface area contributed by atoms with E-state index in [4.69, 9.17) is 9.26 Å². The average molecular weight is 376 g/mol. The van der Waals surface area contributed by atoms with Crippen LogP contribution in [0.5, 0.6) is 0 Å². The van der Waals surface area contributed by atoms with Gasteiger partial charge in [-0.15, -0.1) is 0 Å². The molecule has 0 unspecified atom stereocenters. The summed E-state index contributed by atoms with van der Waals surface area (Å²) in [5.41, 5.74) is 2.02. The highest BCUT2D eigenvalue weighted by Gasteiger charge is 2.36. The summed E-state index contributed by atoms with van der Waals surface area (Å²) < 4.78 is 10.1. The van der Waals surface area contributed by atoms with Crippen molar-refractivity contribution in [3.8, 4) is 0 Å². The number of amides is 2. The van der Waals surface area contributed by atoms with Gasteiger partial charge in [-0.1, -0.05) is 35.5 Å². The number of rotatable bonds is 5. The monoisotopic (exact) mass is 376 g/mol. The minimum Gasteiger partial charge on any atom is -0.455 e. The molecule has 4 rings (SSSR count). The smallest absolute Gasteiger partial charge is 0.338 e. The second-order valence-corrected chi connectivity index (χ2v) is 6.45. The Hall–Kier alpha value is -3.74. The summed E-state index contributed by atoms with van der Waals surface area (Å²) in [5.74, 6) is -0.788. The predicted octanol–water partition coefficient (Wildman–Crippen LogP) is 3.14. The Labute approximate surface area is 160 Å². The number of hydrogen-bond acceptors (Lipinski definition) is 6. The van der Waals surface area contributed by atoms with Crippen molar-refractivity contribution in [1.29, 1.82) is 0 Å². The maximum absolute atomic E-state index is 12.7. The average Bonchev–Trinajstić information content (AvgIpc) is 3.23. The number of esters is 1. The molecular formula is C21H16N2O5. The predicted molar refractivity (Wildman–Crippen MR) is 97.4 cm³/mol. The van der Waals surface area contributed by atoms with Gasteiger partial charge in [0.2, 0.25) is 0 Å². The minimum absolute atomic E-state index is 0.0414. The van der Waals surface area contributed by atoms with Crippen LogP contribution in [0, 0.1) is 6.92 Å². The first-order valence-corrected chi connectivity index (χ1v) is 8.66. The summed E-state index contributed by atoms with van der Waals surface area (Å²) in [6.07, 6.45) is 0. The number of nitrogens with zero attached hydrogens (tertiary/aromatic N) is 2. The number of carbonyl (C=O) groups excluding carboxylic acids is 3.